The monoisotopic (exact) mass is 538 g/mol. The van der Waals surface area contributed by atoms with Crippen molar-refractivity contribution in [3.05, 3.63) is 58.7 Å². The average molecular weight is 539 g/mol. The Labute approximate surface area is 217 Å². The number of hydrogen-bond donors (Lipinski definition) is 0. The van der Waals surface area contributed by atoms with Crippen LogP contribution < -0.4 is 0 Å². The van der Waals surface area contributed by atoms with Gasteiger partial charge in [0.05, 0.1) is 11.4 Å². The summed E-state index contributed by atoms with van der Waals surface area (Å²) in [6.07, 6.45) is 18.2. The van der Waals surface area contributed by atoms with Gasteiger partial charge in [-0.3, -0.25) is 9.98 Å². The van der Waals surface area contributed by atoms with Crippen molar-refractivity contribution in [3.63, 3.8) is 0 Å². The van der Waals surface area contributed by atoms with Crippen molar-refractivity contribution in [1.82, 2.24) is 0 Å². The van der Waals surface area contributed by atoms with E-state index in [2.05, 4.69) is 74.1 Å². The summed E-state index contributed by atoms with van der Waals surface area (Å²) in [7, 11) is 0. The first-order valence-electron chi connectivity index (χ1n) is 13.0. The summed E-state index contributed by atoms with van der Waals surface area (Å²) in [5.41, 5.74) is 7.99. The molecule has 0 saturated carbocycles. The number of nitrogens with zero attached hydrogens (tertiary/aromatic N) is 2. The minimum atomic E-state index is 0. The van der Waals surface area contributed by atoms with Gasteiger partial charge in [0.2, 0.25) is 0 Å². The van der Waals surface area contributed by atoms with Crippen molar-refractivity contribution in [2.24, 2.45) is 9.98 Å². The molecule has 0 aliphatic heterocycles. The first kappa shape index (κ1) is 29.5. The van der Waals surface area contributed by atoms with Gasteiger partial charge in [0.25, 0.3) is 0 Å². The summed E-state index contributed by atoms with van der Waals surface area (Å²) >= 11 is 0. The van der Waals surface area contributed by atoms with Crippen molar-refractivity contribution in [1.29, 1.82) is 0 Å². The van der Waals surface area contributed by atoms with Crippen LogP contribution in [0.1, 0.15) is 101 Å². The molecule has 0 amide bonds. The van der Waals surface area contributed by atoms with Crippen molar-refractivity contribution < 1.29 is 20.4 Å². The SMILES string of the molecule is CCCCc1ccc(N=CC=Nc2ccc(CCCC)c(CCCC)c2)cc1CCCC.[Pd]. The molecular formula is C30H44N2Pd. The van der Waals surface area contributed by atoms with Gasteiger partial charge in [0.15, 0.2) is 0 Å². The molecule has 33 heavy (non-hydrogen) atoms. The largest absolute Gasteiger partial charge is 0.255 e. The third-order valence-corrected chi connectivity index (χ3v) is 6.09. The molecule has 0 spiro atoms. The average Bonchev–Trinajstić information content (AvgIpc) is 2.82. The van der Waals surface area contributed by atoms with Crippen LogP contribution in [0.4, 0.5) is 11.4 Å². The maximum absolute atomic E-state index is 4.67. The molecular weight excluding hydrogens is 495 g/mol. The summed E-state index contributed by atoms with van der Waals surface area (Å²) in [5.74, 6) is 0. The summed E-state index contributed by atoms with van der Waals surface area (Å²) < 4.78 is 0. The van der Waals surface area contributed by atoms with Gasteiger partial charge >= 0.3 is 0 Å². The van der Waals surface area contributed by atoms with Crippen LogP contribution >= 0.6 is 0 Å². The van der Waals surface area contributed by atoms with Gasteiger partial charge in [-0.05, 0) is 97.9 Å². The second kappa shape index (κ2) is 17.9. The van der Waals surface area contributed by atoms with E-state index in [1.54, 1.807) is 0 Å². The molecule has 0 fully saturated rings. The quantitative estimate of drug-likeness (QED) is 0.159. The van der Waals surface area contributed by atoms with Crippen LogP contribution in [0.5, 0.6) is 0 Å². The maximum atomic E-state index is 4.67. The van der Waals surface area contributed by atoms with Gasteiger partial charge in [-0.1, -0.05) is 65.5 Å². The van der Waals surface area contributed by atoms with Crippen LogP contribution in [0, 0.1) is 0 Å². The van der Waals surface area contributed by atoms with Crippen molar-refractivity contribution >= 4 is 23.8 Å². The summed E-state index contributed by atoms with van der Waals surface area (Å²) in [6.45, 7) is 9.03. The third-order valence-electron chi connectivity index (χ3n) is 6.09. The normalized spacial score (nSPS) is 11.4. The van der Waals surface area contributed by atoms with Crippen LogP contribution in [0.25, 0.3) is 0 Å². The predicted octanol–water partition coefficient (Wildman–Crippen LogP) is 9.16. The maximum Gasteiger partial charge on any atom is 0.0633 e. The number of aliphatic imine (C=N–C) groups is 2. The Hall–Kier alpha value is -1.56. The van der Waals surface area contributed by atoms with E-state index in [1.165, 1.54) is 86.5 Å². The van der Waals surface area contributed by atoms with Crippen molar-refractivity contribution in [3.8, 4) is 0 Å². The Morgan fingerprint density at radius 3 is 1.18 bits per heavy atom. The first-order chi connectivity index (χ1) is 15.7. The topological polar surface area (TPSA) is 24.7 Å². The Kier molecular flexibility index (Phi) is 15.9. The Morgan fingerprint density at radius 2 is 0.848 bits per heavy atom. The van der Waals surface area contributed by atoms with Gasteiger partial charge in [-0.25, -0.2) is 0 Å². The van der Waals surface area contributed by atoms with E-state index >= 15 is 0 Å². The fourth-order valence-electron chi connectivity index (χ4n) is 4.05. The van der Waals surface area contributed by atoms with Gasteiger partial charge in [0, 0.05) is 32.9 Å². The summed E-state index contributed by atoms with van der Waals surface area (Å²) in [4.78, 5) is 9.33. The Bertz CT molecular complexity index is 783. The van der Waals surface area contributed by atoms with Gasteiger partial charge in [0.1, 0.15) is 0 Å². The molecule has 2 aromatic rings. The number of benzene rings is 2. The van der Waals surface area contributed by atoms with E-state index in [4.69, 9.17) is 0 Å². The number of hydrogen-bond acceptors (Lipinski definition) is 2. The fraction of sp³-hybridized carbons (Fsp3) is 0.533. The molecule has 0 N–H and O–H groups in total. The molecule has 2 aromatic carbocycles. The van der Waals surface area contributed by atoms with Crippen LogP contribution in [-0.2, 0) is 46.1 Å². The van der Waals surface area contributed by atoms with Crippen molar-refractivity contribution in [2.45, 2.75) is 105 Å². The number of aryl methyl sites for hydroxylation is 4. The Morgan fingerprint density at radius 1 is 0.515 bits per heavy atom. The van der Waals surface area contributed by atoms with Gasteiger partial charge < -0.3 is 0 Å². The predicted molar refractivity (Wildman–Crippen MR) is 144 cm³/mol. The molecule has 2 nitrogen and oxygen atoms in total. The molecule has 0 saturated heterocycles. The van der Waals surface area contributed by atoms with E-state index < -0.39 is 0 Å². The first-order valence-corrected chi connectivity index (χ1v) is 13.0. The van der Waals surface area contributed by atoms with Gasteiger partial charge in [-0.2, -0.15) is 0 Å². The van der Waals surface area contributed by atoms with Crippen LogP contribution in [0.2, 0.25) is 0 Å². The molecule has 0 aromatic heterocycles. The molecule has 3 heteroatoms. The molecule has 0 unspecified atom stereocenters. The van der Waals surface area contributed by atoms with Crippen molar-refractivity contribution in [2.75, 3.05) is 0 Å². The Balaban J connectivity index is 0.00000544. The molecule has 0 atom stereocenters. The third kappa shape index (κ3) is 10.9. The molecule has 184 valence electrons. The summed E-state index contributed by atoms with van der Waals surface area (Å²) in [5, 5.41) is 0. The zero-order valence-electron chi connectivity index (χ0n) is 21.3. The fourth-order valence-corrected chi connectivity index (χ4v) is 4.05. The van der Waals surface area contributed by atoms with E-state index in [0.29, 0.717) is 0 Å². The number of rotatable bonds is 15. The van der Waals surface area contributed by atoms with Gasteiger partial charge in [-0.15, -0.1) is 0 Å². The minimum absolute atomic E-state index is 0. The molecule has 0 heterocycles. The second-order valence-electron chi connectivity index (χ2n) is 8.88. The van der Waals surface area contributed by atoms with E-state index in [1.807, 2.05) is 12.4 Å². The molecule has 0 radical (unpaired) electrons. The van der Waals surface area contributed by atoms with E-state index in [0.717, 1.165) is 24.2 Å². The van der Waals surface area contributed by atoms with Crippen LogP contribution in [0.3, 0.4) is 0 Å². The molecule has 0 aliphatic carbocycles. The van der Waals surface area contributed by atoms with Crippen LogP contribution in [-0.4, -0.2) is 12.4 Å². The molecule has 2 rings (SSSR count). The zero-order valence-corrected chi connectivity index (χ0v) is 22.9. The summed E-state index contributed by atoms with van der Waals surface area (Å²) in [6, 6.07) is 13.4. The molecule has 0 aliphatic rings. The smallest absolute Gasteiger partial charge is 0.0633 e. The molecule has 0 bridgehead atoms. The zero-order chi connectivity index (χ0) is 23.0. The van der Waals surface area contributed by atoms with E-state index in [9.17, 15) is 0 Å². The minimum Gasteiger partial charge on any atom is -0.255 e. The second-order valence-corrected chi connectivity index (χ2v) is 8.88. The van der Waals surface area contributed by atoms with Crippen LogP contribution in [0.15, 0.2) is 46.4 Å². The number of unbranched alkanes of at least 4 members (excludes halogenated alkanes) is 4. The standard InChI is InChI=1S/C30H44N2.Pd/c1-5-9-13-25-17-19-29(23-27(25)15-11-7-3)31-21-22-32-30-20-18-26(14-10-6-2)28(24-30)16-12-8-4;/h17-24H,5-16H2,1-4H3;. The van der Waals surface area contributed by atoms with E-state index in [-0.39, 0.29) is 20.4 Å².